The molecule has 5 heteroatoms. The molecule has 0 spiro atoms. The molecule has 5 nitrogen and oxygen atoms in total. The second-order valence-electron chi connectivity index (χ2n) is 2.26. The zero-order valence-corrected chi connectivity index (χ0v) is 6.36. The SMILES string of the molecule is Cn1cc(CN=C(N)N)cn1. The Labute approximate surface area is 64.7 Å². The first-order valence-electron chi connectivity index (χ1n) is 3.21. The van der Waals surface area contributed by atoms with Gasteiger partial charge < -0.3 is 11.5 Å². The highest BCUT2D eigenvalue weighted by Gasteiger charge is 1.92. The van der Waals surface area contributed by atoms with Crippen molar-refractivity contribution in [2.24, 2.45) is 23.5 Å². The highest BCUT2D eigenvalue weighted by molar-refractivity contribution is 5.75. The number of aromatic nitrogens is 2. The average molecular weight is 153 g/mol. The fourth-order valence-corrected chi connectivity index (χ4v) is 0.736. The molecule has 4 N–H and O–H groups in total. The summed E-state index contributed by atoms with van der Waals surface area (Å²) in [6, 6.07) is 0. The predicted octanol–water partition coefficient (Wildman–Crippen LogP) is -0.806. The molecular formula is C6H11N5. The Hall–Kier alpha value is -1.52. The Morgan fingerprint density at radius 1 is 1.73 bits per heavy atom. The highest BCUT2D eigenvalue weighted by Crippen LogP contribution is 1.96. The van der Waals surface area contributed by atoms with E-state index in [4.69, 9.17) is 11.5 Å². The van der Waals surface area contributed by atoms with Gasteiger partial charge >= 0.3 is 0 Å². The Morgan fingerprint density at radius 2 is 2.45 bits per heavy atom. The third kappa shape index (κ3) is 2.29. The molecule has 1 aromatic rings. The summed E-state index contributed by atoms with van der Waals surface area (Å²) in [7, 11) is 1.85. The summed E-state index contributed by atoms with van der Waals surface area (Å²) in [5.41, 5.74) is 11.3. The molecule has 0 saturated carbocycles. The fourth-order valence-electron chi connectivity index (χ4n) is 0.736. The van der Waals surface area contributed by atoms with Gasteiger partial charge in [-0.3, -0.25) is 4.68 Å². The van der Waals surface area contributed by atoms with Crippen LogP contribution < -0.4 is 11.5 Å². The normalized spacial score (nSPS) is 9.55. The lowest BCUT2D eigenvalue weighted by molar-refractivity contribution is 0.767. The van der Waals surface area contributed by atoms with E-state index in [1.807, 2.05) is 13.2 Å². The molecule has 0 bridgehead atoms. The standard InChI is InChI=1S/C6H11N5/c1-11-4-5(3-10-11)2-9-6(7)8/h3-4H,2H2,1H3,(H4,7,8,9). The van der Waals surface area contributed by atoms with Gasteiger partial charge in [0.05, 0.1) is 12.7 Å². The van der Waals surface area contributed by atoms with Crippen LogP contribution in [0, 0.1) is 0 Å². The summed E-state index contributed by atoms with van der Waals surface area (Å²) in [5.74, 6) is 0.105. The van der Waals surface area contributed by atoms with E-state index in [1.54, 1.807) is 10.9 Å². The number of rotatable bonds is 2. The van der Waals surface area contributed by atoms with Crippen molar-refractivity contribution >= 4 is 5.96 Å². The number of guanidine groups is 1. The van der Waals surface area contributed by atoms with Crippen molar-refractivity contribution in [3.05, 3.63) is 18.0 Å². The quantitative estimate of drug-likeness (QED) is 0.430. The fraction of sp³-hybridized carbons (Fsp3) is 0.333. The van der Waals surface area contributed by atoms with Crippen molar-refractivity contribution in [1.29, 1.82) is 0 Å². The van der Waals surface area contributed by atoms with Crippen LogP contribution in [0.5, 0.6) is 0 Å². The summed E-state index contributed by atoms with van der Waals surface area (Å²) < 4.78 is 1.71. The van der Waals surface area contributed by atoms with Crippen LogP contribution in [0.1, 0.15) is 5.56 Å². The van der Waals surface area contributed by atoms with E-state index >= 15 is 0 Å². The Kier molecular flexibility index (Phi) is 2.10. The molecule has 0 aliphatic rings. The molecule has 60 valence electrons. The third-order valence-corrected chi connectivity index (χ3v) is 1.20. The van der Waals surface area contributed by atoms with Crippen LogP contribution in [0.4, 0.5) is 0 Å². The molecule has 1 heterocycles. The molecule has 0 saturated heterocycles. The molecule has 0 aliphatic carbocycles. The first kappa shape index (κ1) is 7.59. The minimum Gasteiger partial charge on any atom is -0.370 e. The summed E-state index contributed by atoms with van der Waals surface area (Å²) in [6.45, 7) is 0.496. The van der Waals surface area contributed by atoms with Crippen LogP contribution in [0.15, 0.2) is 17.4 Å². The van der Waals surface area contributed by atoms with Crippen LogP contribution in [-0.4, -0.2) is 15.7 Å². The van der Waals surface area contributed by atoms with Crippen LogP contribution in [0.25, 0.3) is 0 Å². The lowest BCUT2D eigenvalue weighted by atomic mass is 10.4. The maximum atomic E-state index is 5.15. The molecule has 11 heavy (non-hydrogen) atoms. The monoisotopic (exact) mass is 153 g/mol. The van der Waals surface area contributed by atoms with Gasteiger partial charge in [-0.15, -0.1) is 0 Å². The lowest BCUT2D eigenvalue weighted by Gasteiger charge is -1.89. The molecule has 0 radical (unpaired) electrons. The second-order valence-corrected chi connectivity index (χ2v) is 2.26. The van der Waals surface area contributed by atoms with Gasteiger partial charge in [-0.05, 0) is 0 Å². The van der Waals surface area contributed by atoms with Crippen molar-refractivity contribution < 1.29 is 0 Å². The van der Waals surface area contributed by atoms with E-state index in [2.05, 4.69) is 10.1 Å². The topological polar surface area (TPSA) is 82.2 Å². The van der Waals surface area contributed by atoms with Crippen molar-refractivity contribution in [3.8, 4) is 0 Å². The van der Waals surface area contributed by atoms with E-state index < -0.39 is 0 Å². The van der Waals surface area contributed by atoms with Crippen LogP contribution >= 0.6 is 0 Å². The highest BCUT2D eigenvalue weighted by atomic mass is 15.2. The Balaban J connectivity index is 2.58. The van der Waals surface area contributed by atoms with E-state index in [9.17, 15) is 0 Å². The van der Waals surface area contributed by atoms with Crippen molar-refractivity contribution in [2.75, 3.05) is 0 Å². The minimum atomic E-state index is 0.105. The predicted molar refractivity (Wildman–Crippen MR) is 42.7 cm³/mol. The van der Waals surface area contributed by atoms with Crippen molar-refractivity contribution in [3.63, 3.8) is 0 Å². The summed E-state index contributed by atoms with van der Waals surface area (Å²) >= 11 is 0. The molecule has 0 fully saturated rings. The zero-order chi connectivity index (χ0) is 8.27. The number of nitrogens with zero attached hydrogens (tertiary/aromatic N) is 3. The van der Waals surface area contributed by atoms with Gasteiger partial charge in [-0.2, -0.15) is 5.10 Å². The number of aliphatic imine (C=N–C) groups is 1. The van der Waals surface area contributed by atoms with E-state index in [-0.39, 0.29) is 5.96 Å². The maximum absolute atomic E-state index is 5.15. The molecule has 0 aliphatic heterocycles. The van der Waals surface area contributed by atoms with Gasteiger partial charge in [0.25, 0.3) is 0 Å². The number of hydrogen-bond donors (Lipinski definition) is 2. The summed E-state index contributed by atoms with van der Waals surface area (Å²) in [5, 5.41) is 3.96. The van der Waals surface area contributed by atoms with Gasteiger partial charge in [0.1, 0.15) is 0 Å². The molecule has 1 rings (SSSR count). The van der Waals surface area contributed by atoms with Gasteiger partial charge in [0.2, 0.25) is 0 Å². The molecule has 0 unspecified atom stereocenters. The number of aryl methyl sites for hydroxylation is 1. The van der Waals surface area contributed by atoms with Gasteiger partial charge in [-0.1, -0.05) is 0 Å². The number of nitrogens with two attached hydrogens (primary N) is 2. The summed E-state index contributed by atoms with van der Waals surface area (Å²) in [6.07, 6.45) is 3.60. The first-order valence-corrected chi connectivity index (χ1v) is 3.21. The average Bonchev–Trinajstić information content (AvgIpc) is 2.31. The van der Waals surface area contributed by atoms with Crippen molar-refractivity contribution in [2.45, 2.75) is 6.54 Å². The zero-order valence-electron chi connectivity index (χ0n) is 6.36. The van der Waals surface area contributed by atoms with E-state index in [1.165, 1.54) is 0 Å². The number of hydrogen-bond acceptors (Lipinski definition) is 2. The van der Waals surface area contributed by atoms with E-state index in [0.29, 0.717) is 6.54 Å². The minimum absolute atomic E-state index is 0.105. The van der Waals surface area contributed by atoms with Crippen LogP contribution in [0.2, 0.25) is 0 Å². The largest absolute Gasteiger partial charge is 0.370 e. The van der Waals surface area contributed by atoms with E-state index in [0.717, 1.165) is 5.56 Å². The van der Waals surface area contributed by atoms with Crippen molar-refractivity contribution in [1.82, 2.24) is 9.78 Å². The Morgan fingerprint density at radius 3 is 2.91 bits per heavy atom. The van der Waals surface area contributed by atoms with Crippen LogP contribution in [0.3, 0.4) is 0 Å². The first-order chi connectivity index (χ1) is 5.18. The lowest BCUT2D eigenvalue weighted by Crippen LogP contribution is -2.22. The van der Waals surface area contributed by atoms with Gasteiger partial charge in [-0.25, -0.2) is 4.99 Å². The molecule has 0 atom stereocenters. The third-order valence-electron chi connectivity index (χ3n) is 1.20. The Bertz CT molecular complexity index is 258. The maximum Gasteiger partial charge on any atom is 0.186 e. The van der Waals surface area contributed by atoms with Gasteiger partial charge in [0.15, 0.2) is 5.96 Å². The summed E-state index contributed by atoms with van der Waals surface area (Å²) in [4.78, 5) is 3.83. The second kappa shape index (κ2) is 3.05. The van der Waals surface area contributed by atoms with Gasteiger partial charge in [0, 0.05) is 18.8 Å². The molecular weight excluding hydrogens is 142 g/mol. The molecule has 0 amide bonds. The van der Waals surface area contributed by atoms with Crippen LogP contribution in [-0.2, 0) is 13.6 Å². The smallest absolute Gasteiger partial charge is 0.186 e. The molecule has 0 aromatic carbocycles. The molecule has 1 aromatic heterocycles.